The summed E-state index contributed by atoms with van der Waals surface area (Å²) in [5, 5.41) is 2.34. The lowest BCUT2D eigenvalue weighted by molar-refractivity contribution is 0.187. The minimum absolute atomic E-state index is 0.00843. The van der Waals surface area contributed by atoms with Gasteiger partial charge in [0.1, 0.15) is 0 Å². The van der Waals surface area contributed by atoms with Crippen LogP contribution in [0.15, 0.2) is 59.4 Å². The van der Waals surface area contributed by atoms with Gasteiger partial charge in [-0.2, -0.15) is 0 Å². The zero-order chi connectivity index (χ0) is 20.9. The minimum atomic E-state index is -3.25. The van der Waals surface area contributed by atoms with Crippen molar-refractivity contribution in [3.63, 3.8) is 0 Å². The van der Waals surface area contributed by atoms with Crippen LogP contribution in [0.4, 0.5) is 0 Å². The second-order valence-corrected chi connectivity index (χ2v) is 10.7. The fourth-order valence-corrected chi connectivity index (χ4v) is 6.81. The highest BCUT2D eigenvalue weighted by Crippen LogP contribution is 2.41. The molecule has 5 rings (SSSR count). The third-order valence-corrected chi connectivity index (χ3v) is 8.48. The van der Waals surface area contributed by atoms with Crippen molar-refractivity contribution < 1.29 is 8.42 Å². The molecule has 3 heterocycles. The van der Waals surface area contributed by atoms with Crippen LogP contribution < -0.4 is 5.56 Å². The molecule has 5 nitrogen and oxygen atoms in total. The Hall–Kier alpha value is -2.44. The van der Waals surface area contributed by atoms with E-state index in [4.69, 9.17) is 0 Å². The lowest BCUT2D eigenvalue weighted by Crippen LogP contribution is -2.49. The van der Waals surface area contributed by atoms with Crippen molar-refractivity contribution in [3.05, 3.63) is 70.6 Å². The fourth-order valence-electron chi connectivity index (χ4n) is 5.19. The van der Waals surface area contributed by atoms with E-state index >= 15 is 0 Å². The second kappa shape index (κ2) is 7.36. The molecule has 1 saturated heterocycles. The van der Waals surface area contributed by atoms with Crippen molar-refractivity contribution in [3.8, 4) is 11.1 Å². The SMILES string of the molecule is CCCS(=O)(=O)N1CC2CC(C1)c1c(-c3ccc4ccccc4c3)ccc(=O)n1C2. The number of nitrogens with zero attached hydrogens (tertiary/aromatic N) is 2. The molecule has 3 aromatic rings. The van der Waals surface area contributed by atoms with Gasteiger partial charge in [-0.15, -0.1) is 0 Å². The van der Waals surface area contributed by atoms with Crippen LogP contribution in [0.2, 0.25) is 0 Å². The molecule has 0 N–H and O–H groups in total. The Morgan fingerprint density at radius 1 is 0.967 bits per heavy atom. The largest absolute Gasteiger partial charge is 0.311 e. The number of pyridine rings is 1. The Kier molecular flexibility index (Phi) is 4.79. The molecular formula is C24H26N2O3S. The Morgan fingerprint density at radius 2 is 1.77 bits per heavy atom. The molecule has 0 aliphatic carbocycles. The molecule has 6 heteroatoms. The van der Waals surface area contributed by atoms with Gasteiger partial charge in [-0.25, -0.2) is 12.7 Å². The summed E-state index contributed by atoms with van der Waals surface area (Å²) in [5.41, 5.74) is 3.11. The average Bonchev–Trinajstić information content (AvgIpc) is 2.74. The van der Waals surface area contributed by atoms with E-state index in [0.717, 1.165) is 28.6 Å². The van der Waals surface area contributed by atoms with Crippen molar-refractivity contribution in [1.29, 1.82) is 0 Å². The average molecular weight is 423 g/mol. The van der Waals surface area contributed by atoms with Crippen LogP contribution in [-0.4, -0.2) is 36.1 Å². The molecule has 156 valence electrons. The molecule has 2 aliphatic heterocycles. The molecule has 2 unspecified atom stereocenters. The number of fused-ring (bicyclic) bond motifs is 5. The number of benzene rings is 2. The van der Waals surface area contributed by atoms with Gasteiger partial charge in [-0.05, 0) is 47.2 Å². The molecule has 0 saturated carbocycles. The molecule has 30 heavy (non-hydrogen) atoms. The molecule has 2 bridgehead atoms. The van der Waals surface area contributed by atoms with E-state index in [1.165, 1.54) is 5.39 Å². The van der Waals surface area contributed by atoms with Gasteiger partial charge in [0.15, 0.2) is 0 Å². The van der Waals surface area contributed by atoms with Crippen LogP contribution in [-0.2, 0) is 16.6 Å². The van der Waals surface area contributed by atoms with Crippen molar-refractivity contribution in [1.82, 2.24) is 8.87 Å². The summed E-state index contributed by atoms with van der Waals surface area (Å²) in [6.45, 7) is 3.47. The van der Waals surface area contributed by atoms with E-state index in [2.05, 4.69) is 30.3 Å². The first kappa shape index (κ1) is 19.5. The van der Waals surface area contributed by atoms with Gasteiger partial charge in [0, 0.05) is 42.9 Å². The summed E-state index contributed by atoms with van der Waals surface area (Å²) in [6, 6.07) is 18.2. The van der Waals surface area contributed by atoms with E-state index in [9.17, 15) is 13.2 Å². The van der Waals surface area contributed by atoms with Crippen LogP contribution in [0.5, 0.6) is 0 Å². The van der Waals surface area contributed by atoms with Crippen LogP contribution >= 0.6 is 0 Å². The predicted molar refractivity (Wildman–Crippen MR) is 120 cm³/mol. The highest BCUT2D eigenvalue weighted by molar-refractivity contribution is 7.89. The molecule has 0 spiro atoms. The third-order valence-electron chi connectivity index (χ3n) is 6.47. The van der Waals surface area contributed by atoms with Crippen molar-refractivity contribution >= 4 is 20.8 Å². The number of rotatable bonds is 4. The van der Waals surface area contributed by atoms with Gasteiger partial charge in [0.25, 0.3) is 5.56 Å². The maximum atomic E-state index is 12.8. The normalized spacial score (nSPS) is 21.5. The van der Waals surface area contributed by atoms with Gasteiger partial charge in [0.2, 0.25) is 10.0 Å². The van der Waals surface area contributed by atoms with Crippen LogP contribution in [0.1, 0.15) is 31.4 Å². The molecule has 1 fully saturated rings. The topological polar surface area (TPSA) is 59.4 Å². The molecule has 0 radical (unpaired) electrons. The maximum absolute atomic E-state index is 12.8. The minimum Gasteiger partial charge on any atom is -0.311 e. The van der Waals surface area contributed by atoms with E-state index in [0.29, 0.717) is 26.1 Å². The lowest BCUT2D eigenvalue weighted by atomic mass is 9.81. The zero-order valence-electron chi connectivity index (χ0n) is 17.1. The van der Waals surface area contributed by atoms with Crippen LogP contribution in [0, 0.1) is 5.92 Å². The summed E-state index contributed by atoms with van der Waals surface area (Å²) >= 11 is 0. The Labute approximate surface area is 177 Å². The summed E-state index contributed by atoms with van der Waals surface area (Å²) in [6.07, 6.45) is 1.55. The summed E-state index contributed by atoms with van der Waals surface area (Å²) in [7, 11) is -3.25. The predicted octanol–water partition coefficient (Wildman–Crippen LogP) is 3.83. The molecular weight excluding hydrogens is 396 g/mol. The van der Waals surface area contributed by atoms with Gasteiger partial charge < -0.3 is 4.57 Å². The third kappa shape index (κ3) is 3.28. The van der Waals surface area contributed by atoms with Crippen molar-refractivity contribution in [2.75, 3.05) is 18.8 Å². The Morgan fingerprint density at radius 3 is 2.57 bits per heavy atom. The molecule has 0 amide bonds. The highest BCUT2D eigenvalue weighted by Gasteiger charge is 2.39. The molecule has 2 atom stereocenters. The van der Waals surface area contributed by atoms with Gasteiger partial charge in [-0.1, -0.05) is 43.3 Å². The number of sulfonamides is 1. The number of aromatic nitrogens is 1. The second-order valence-electron chi connectivity index (χ2n) is 8.57. The standard InChI is InChI=1S/C24H26N2O3S/c1-2-11-30(28,29)25-14-17-12-21(16-25)24-22(9-10-23(27)26(24)15-17)20-8-7-18-5-3-4-6-19(18)13-20/h3-10,13,17,21H,2,11-12,14-16H2,1H3. The quantitative estimate of drug-likeness (QED) is 0.642. The summed E-state index contributed by atoms with van der Waals surface area (Å²) < 4.78 is 29.1. The number of hydrogen-bond donors (Lipinski definition) is 0. The van der Waals surface area contributed by atoms with Crippen molar-refractivity contribution in [2.45, 2.75) is 32.2 Å². The maximum Gasteiger partial charge on any atom is 0.250 e. The number of hydrogen-bond acceptors (Lipinski definition) is 3. The monoisotopic (exact) mass is 422 g/mol. The first-order valence-corrected chi connectivity index (χ1v) is 12.3. The van der Waals surface area contributed by atoms with Crippen LogP contribution in [0.3, 0.4) is 0 Å². The summed E-state index contributed by atoms with van der Waals surface area (Å²) in [4.78, 5) is 12.7. The van der Waals surface area contributed by atoms with Gasteiger partial charge in [0.05, 0.1) is 5.75 Å². The van der Waals surface area contributed by atoms with Crippen LogP contribution in [0.25, 0.3) is 21.9 Å². The van der Waals surface area contributed by atoms with E-state index < -0.39 is 10.0 Å². The number of piperidine rings is 1. The Bertz CT molecular complexity index is 1280. The first-order valence-electron chi connectivity index (χ1n) is 10.7. The van der Waals surface area contributed by atoms with E-state index in [1.54, 1.807) is 10.4 Å². The Balaban J connectivity index is 1.62. The molecule has 2 aromatic carbocycles. The summed E-state index contributed by atoms with van der Waals surface area (Å²) in [5.74, 6) is 0.415. The first-order chi connectivity index (χ1) is 14.5. The lowest BCUT2D eigenvalue weighted by Gasteiger charge is -2.43. The van der Waals surface area contributed by atoms with E-state index in [1.807, 2.05) is 29.7 Å². The fraction of sp³-hybridized carbons (Fsp3) is 0.375. The highest BCUT2D eigenvalue weighted by atomic mass is 32.2. The van der Waals surface area contributed by atoms with Crippen molar-refractivity contribution in [2.24, 2.45) is 5.92 Å². The molecule has 1 aromatic heterocycles. The zero-order valence-corrected chi connectivity index (χ0v) is 17.9. The smallest absolute Gasteiger partial charge is 0.250 e. The molecule has 2 aliphatic rings. The van der Waals surface area contributed by atoms with Gasteiger partial charge in [-0.3, -0.25) is 4.79 Å². The van der Waals surface area contributed by atoms with E-state index in [-0.39, 0.29) is 23.1 Å². The van der Waals surface area contributed by atoms with Gasteiger partial charge >= 0.3 is 0 Å².